The van der Waals surface area contributed by atoms with Crippen molar-refractivity contribution in [3.63, 3.8) is 0 Å². The quantitative estimate of drug-likeness (QED) is 0.795. The van der Waals surface area contributed by atoms with Crippen molar-refractivity contribution in [3.8, 4) is 0 Å². The molecule has 1 aliphatic heterocycles. The van der Waals surface area contributed by atoms with Crippen LogP contribution in [-0.4, -0.2) is 12.5 Å². The van der Waals surface area contributed by atoms with Crippen molar-refractivity contribution in [2.45, 2.75) is 0 Å². The molecule has 2 aromatic rings. The van der Waals surface area contributed by atoms with Crippen LogP contribution in [0, 0.1) is 0 Å². The Morgan fingerprint density at radius 1 is 1.11 bits per heavy atom. The standard InChI is InChI=1S/C14H11BrN2O/c15-13-6-5-9(7-10-8-16-17-14(10)18)11-3-1-2-4-12(11)13/h1-7,16H,8H2,(H,17,18)/b10-7+. The Balaban J connectivity index is 2.18. The summed E-state index contributed by atoms with van der Waals surface area (Å²) >= 11 is 3.54. The molecule has 1 aliphatic rings. The molecule has 2 aromatic carbocycles. The molecule has 1 saturated heterocycles. The number of benzene rings is 2. The molecule has 0 bridgehead atoms. The predicted octanol–water partition coefficient (Wildman–Crippen LogP) is 2.62. The molecular weight excluding hydrogens is 292 g/mol. The SMILES string of the molecule is O=C1NNC/C1=C\c1ccc(Br)c2ccccc12. The van der Waals surface area contributed by atoms with E-state index < -0.39 is 0 Å². The summed E-state index contributed by atoms with van der Waals surface area (Å²) in [5, 5.41) is 2.29. The molecule has 0 radical (unpaired) electrons. The summed E-state index contributed by atoms with van der Waals surface area (Å²) in [5.74, 6) is -0.0537. The summed E-state index contributed by atoms with van der Waals surface area (Å²) in [6.07, 6.45) is 1.93. The van der Waals surface area contributed by atoms with Crippen LogP contribution in [0.25, 0.3) is 16.8 Å². The number of carbonyl (C=O) groups excluding carboxylic acids is 1. The minimum absolute atomic E-state index is 0.0537. The van der Waals surface area contributed by atoms with Crippen LogP contribution in [0.4, 0.5) is 0 Å². The number of amides is 1. The van der Waals surface area contributed by atoms with Crippen LogP contribution in [0.1, 0.15) is 5.56 Å². The number of hydrogen-bond acceptors (Lipinski definition) is 2. The molecule has 0 spiro atoms. The van der Waals surface area contributed by atoms with Crippen molar-refractivity contribution in [3.05, 3.63) is 52.0 Å². The van der Waals surface area contributed by atoms with Gasteiger partial charge in [-0.15, -0.1) is 0 Å². The van der Waals surface area contributed by atoms with Crippen molar-refractivity contribution in [2.75, 3.05) is 6.54 Å². The first-order chi connectivity index (χ1) is 8.75. The van der Waals surface area contributed by atoms with Gasteiger partial charge >= 0.3 is 0 Å². The van der Waals surface area contributed by atoms with E-state index >= 15 is 0 Å². The molecule has 1 heterocycles. The molecule has 0 atom stereocenters. The second-order valence-corrected chi connectivity index (χ2v) is 5.01. The molecule has 1 amide bonds. The number of fused-ring (bicyclic) bond motifs is 1. The van der Waals surface area contributed by atoms with Crippen LogP contribution in [-0.2, 0) is 4.79 Å². The third kappa shape index (κ3) is 1.94. The zero-order chi connectivity index (χ0) is 12.5. The maximum Gasteiger partial charge on any atom is 0.262 e. The molecule has 90 valence electrons. The maximum absolute atomic E-state index is 11.5. The summed E-state index contributed by atoms with van der Waals surface area (Å²) in [4.78, 5) is 11.5. The third-order valence-electron chi connectivity index (χ3n) is 3.01. The van der Waals surface area contributed by atoms with Crippen LogP contribution in [0.3, 0.4) is 0 Å². The van der Waals surface area contributed by atoms with E-state index in [4.69, 9.17) is 0 Å². The lowest BCUT2D eigenvalue weighted by molar-refractivity contribution is -0.116. The second-order valence-electron chi connectivity index (χ2n) is 4.16. The first-order valence-electron chi connectivity index (χ1n) is 5.67. The maximum atomic E-state index is 11.5. The van der Waals surface area contributed by atoms with Crippen molar-refractivity contribution in [1.29, 1.82) is 0 Å². The van der Waals surface area contributed by atoms with Gasteiger partial charge in [0.15, 0.2) is 0 Å². The van der Waals surface area contributed by atoms with Gasteiger partial charge in [0.2, 0.25) is 0 Å². The van der Waals surface area contributed by atoms with Gasteiger partial charge in [0, 0.05) is 16.6 Å². The van der Waals surface area contributed by atoms with Gasteiger partial charge in [-0.05, 0) is 28.5 Å². The van der Waals surface area contributed by atoms with Gasteiger partial charge in [0.1, 0.15) is 0 Å². The molecule has 0 aliphatic carbocycles. The largest absolute Gasteiger partial charge is 0.287 e. The first kappa shape index (κ1) is 11.4. The topological polar surface area (TPSA) is 41.1 Å². The zero-order valence-corrected chi connectivity index (χ0v) is 11.1. The van der Waals surface area contributed by atoms with Gasteiger partial charge in [0.25, 0.3) is 5.91 Å². The fraction of sp³-hybridized carbons (Fsp3) is 0.0714. The molecule has 0 saturated carbocycles. The lowest BCUT2D eigenvalue weighted by atomic mass is 10.0. The van der Waals surface area contributed by atoms with Crippen molar-refractivity contribution < 1.29 is 4.79 Å². The number of nitrogens with one attached hydrogen (secondary N) is 2. The zero-order valence-electron chi connectivity index (χ0n) is 9.53. The van der Waals surface area contributed by atoms with E-state index in [1.807, 2.05) is 30.3 Å². The highest BCUT2D eigenvalue weighted by atomic mass is 79.9. The Labute approximate surface area is 113 Å². The molecule has 4 heteroatoms. The van der Waals surface area contributed by atoms with Crippen LogP contribution >= 0.6 is 15.9 Å². The van der Waals surface area contributed by atoms with Gasteiger partial charge < -0.3 is 0 Å². The monoisotopic (exact) mass is 302 g/mol. The van der Waals surface area contributed by atoms with Crippen LogP contribution in [0.2, 0.25) is 0 Å². The molecule has 18 heavy (non-hydrogen) atoms. The Kier molecular flexibility index (Phi) is 2.89. The molecule has 1 fully saturated rings. The van der Waals surface area contributed by atoms with E-state index in [1.165, 1.54) is 0 Å². The Bertz CT molecular complexity index is 664. The molecule has 2 N–H and O–H groups in total. The molecule has 3 rings (SSSR count). The van der Waals surface area contributed by atoms with E-state index in [0.717, 1.165) is 26.4 Å². The first-order valence-corrected chi connectivity index (χ1v) is 6.46. The molecule has 0 unspecified atom stereocenters. The van der Waals surface area contributed by atoms with Gasteiger partial charge in [-0.3, -0.25) is 10.2 Å². The highest BCUT2D eigenvalue weighted by Crippen LogP contribution is 2.28. The number of hydrazine groups is 1. The second kappa shape index (κ2) is 4.55. The van der Waals surface area contributed by atoms with Gasteiger partial charge in [-0.1, -0.05) is 46.3 Å². The molecular formula is C14H11BrN2O. The fourth-order valence-electron chi connectivity index (χ4n) is 2.10. The normalized spacial score (nSPS) is 17.4. The number of hydrogen-bond donors (Lipinski definition) is 2. The lowest BCUT2D eigenvalue weighted by Crippen LogP contribution is -2.25. The highest BCUT2D eigenvalue weighted by Gasteiger charge is 2.15. The Morgan fingerprint density at radius 3 is 2.61 bits per heavy atom. The third-order valence-corrected chi connectivity index (χ3v) is 3.70. The average molecular weight is 303 g/mol. The van der Waals surface area contributed by atoms with E-state index in [-0.39, 0.29) is 5.91 Å². The van der Waals surface area contributed by atoms with Gasteiger partial charge in [-0.2, -0.15) is 0 Å². The van der Waals surface area contributed by atoms with Gasteiger partial charge in [0.05, 0.1) is 0 Å². The fourth-order valence-corrected chi connectivity index (χ4v) is 2.57. The van der Waals surface area contributed by atoms with E-state index in [9.17, 15) is 4.79 Å². The van der Waals surface area contributed by atoms with E-state index in [1.54, 1.807) is 0 Å². The van der Waals surface area contributed by atoms with Crippen molar-refractivity contribution >= 4 is 38.7 Å². The lowest BCUT2D eigenvalue weighted by Gasteiger charge is -2.05. The molecule has 0 aromatic heterocycles. The molecule has 3 nitrogen and oxygen atoms in total. The predicted molar refractivity (Wildman–Crippen MR) is 75.8 cm³/mol. The average Bonchev–Trinajstić information content (AvgIpc) is 2.79. The van der Waals surface area contributed by atoms with Crippen LogP contribution < -0.4 is 10.9 Å². The minimum atomic E-state index is -0.0537. The summed E-state index contributed by atoms with van der Waals surface area (Å²) in [6, 6.07) is 12.2. The summed E-state index contributed by atoms with van der Waals surface area (Å²) < 4.78 is 1.06. The Morgan fingerprint density at radius 2 is 1.89 bits per heavy atom. The Hall–Kier alpha value is -1.65. The number of carbonyl (C=O) groups is 1. The van der Waals surface area contributed by atoms with Crippen LogP contribution in [0.5, 0.6) is 0 Å². The smallest absolute Gasteiger partial charge is 0.262 e. The number of rotatable bonds is 1. The highest BCUT2D eigenvalue weighted by molar-refractivity contribution is 9.10. The van der Waals surface area contributed by atoms with Crippen molar-refractivity contribution in [2.24, 2.45) is 0 Å². The summed E-state index contributed by atoms with van der Waals surface area (Å²) in [6.45, 7) is 0.559. The van der Waals surface area contributed by atoms with Crippen molar-refractivity contribution in [1.82, 2.24) is 10.9 Å². The number of halogens is 1. The minimum Gasteiger partial charge on any atom is -0.287 e. The summed E-state index contributed by atoms with van der Waals surface area (Å²) in [5.41, 5.74) is 7.22. The van der Waals surface area contributed by atoms with E-state index in [0.29, 0.717) is 6.54 Å². The summed E-state index contributed by atoms with van der Waals surface area (Å²) in [7, 11) is 0. The van der Waals surface area contributed by atoms with Gasteiger partial charge in [-0.25, -0.2) is 5.43 Å². The van der Waals surface area contributed by atoms with E-state index in [2.05, 4.69) is 38.9 Å². The van der Waals surface area contributed by atoms with Crippen LogP contribution in [0.15, 0.2) is 46.4 Å².